The summed E-state index contributed by atoms with van der Waals surface area (Å²) in [5.74, 6) is -0.821. The lowest BCUT2D eigenvalue weighted by Gasteiger charge is -2.14. The van der Waals surface area contributed by atoms with Crippen molar-refractivity contribution in [1.29, 1.82) is 0 Å². The lowest BCUT2D eigenvalue weighted by atomic mass is 10.1. The second-order valence-electron chi connectivity index (χ2n) is 6.19. The Bertz CT molecular complexity index is 751. The summed E-state index contributed by atoms with van der Waals surface area (Å²) >= 11 is 1.28. The number of hydrogen-bond donors (Lipinski definition) is 1. The Kier molecular flexibility index (Phi) is 6.31. The van der Waals surface area contributed by atoms with Crippen molar-refractivity contribution in [2.75, 3.05) is 0 Å². The number of esters is 1. The highest BCUT2D eigenvalue weighted by Gasteiger charge is 2.23. The fourth-order valence-electron chi connectivity index (χ4n) is 2.26. The van der Waals surface area contributed by atoms with Gasteiger partial charge in [0.15, 0.2) is 6.10 Å². The van der Waals surface area contributed by atoms with Crippen molar-refractivity contribution in [3.05, 3.63) is 40.4 Å². The molecular formula is C19H24N2O3S. The first kappa shape index (κ1) is 19.1. The van der Waals surface area contributed by atoms with Crippen LogP contribution in [0.4, 0.5) is 0 Å². The molecule has 1 heterocycles. The first-order valence-electron chi connectivity index (χ1n) is 8.39. The van der Waals surface area contributed by atoms with Gasteiger partial charge in [-0.1, -0.05) is 31.2 Å². The fourth-order valence-corrected chi connectivity index (χ4v) is 3.22. The molecule has 5 nitrogen and oxygen atoms in total. The van der Waals surface area contributed by atoms with Crippen LogP contribution < -0.4 is 5.32 Å². The highest BCUT2D eigenvalue weighted by Crippen LogP contribution is 2.29. The second-order valence-corrected chi connectivity index (χ2v) is 7.19. The van der Waals surface area contributed by atoms with Crippen molar-refractivity contribution in [2.24, 2.45) is 0 Å². The van der Waals surface area contributed by atoms with Gasteiger partial charge in [-0.2, -0.15) is 0 Å². The maximum atomic E-state index is 12.4. The van der Waals surface area contributed by atoms with Gasteiger partial charge in [0.05, 0.1) is 5.69 Å². The number of rotatable bonds is 6. The number of aromatic nitrogens is 1. The number of aryl methyl sites for hydroxylation is 2. The minimum Gasteiger partial charge on any atom is -0.448 e. The minimum absolute atomic E-state index is 0.00325. The molecule has 0 unspecified atom stereocenters. The van der Waals surface area contributed by atoms with E-state index >= 15 is 0 Å². The van der Waals surface area contributed by atoms with Gasteiger partial charge in [-0.05, 0) is 39.7 Å². The van der Waals surface area contributed by atoms with Gasteiger partial charge >= 0.3 is 5.97 Å². The molecule has 134 valence electrons. The standard InChI is InChI=1S/C19H24N2O3S/c1-6-14-7-9-15(10-8-14)18-21-12(4)16(25-18)19(23)24-13(5)17(22)20-11(2)3/h7-11,13H,6H2,1-5H3,(H,20,22)/t13-/m0/s1. The van der Waals surface area contributed by atoms with Gasteiger partial charge < -0.3 is 10.1 Å². The molecule has 0 aliphatic heterocycles. The van der Waals surface area contributed by atoms with E-state index < -0.39 is 12.1 Å². The first-order chi connectivity index (χ1) is 11.8. The minimum atomic E-state index is -0.844. The average molecular weight is 360 g/mol. The largest absolute Gasteiger partial charge is 0.448 e. The van der Waals surface area contributed by atoms with Crippen LogP contribution in [0.25, 0.3) is 10.6 Å². The van der Waals surface area contributed by atoms with Gasteiger partial charge in [0.25, 0.3) is 5.91 Å². The molecule has 0 saturated carbocycles. The van der Waals surface area contributed by atoms with E-state index in [9.17, 15) is 9.59 Å². The molecule has 1 N–H and O–H groups in total. The Hall–Kier alpha value is -2.21. The summed E-state index contributed by atoms with van der Waals surface area (Å²) in [6.45, 7) is 9.16. The van der Waals surface area contributed by atoms with Crippen molar-refractivity contribution in [2.45, 2.75) is 53.2 Å². The van der Waals surface area contributed by atoms with Crippen LogP contribution in [0.2, 0.25) is 0 Å². The molecule has 1 amide bonds. The summed E-state index contributed by atoms with van der Waals surface area (Å²) in [6, 6.07) is 8.12. The van der Waals surface area contributed by atoms with Crippen LogP contribution in [0.1, 0.15) is 48.6 Å². The van der Waals surface area contributed by atoms with Crippen LogP contribution in [-0.4, -0.2) is 29.0 Å². The number of thiazole rings is 1. The first-order valence-corrected chi connectivity index (χ1v) is 9.21. The molecule has 0 spiro atoms. The van der Waals surface area contributed by atoms with Crippen molar-refractivity contribution in [3.63, 3.8) is 0 Å². The van der Waals surface area contributed by atoms with Crippen LogP contribution >= 0.6 is 11.3 Å². The average Bonchev–Trinajstić information content (AvgIpc) is 2.96. The van der Waals surface area contributed by atoms with Crippen LogP contribution in [0.3, 0.4) is 0 Å². The lowest BCUT2D eigenvalue weighted by Crippen LogP contribution is -2.39. The summed E-state index contributed by atoms with van der Waals surface area (Å²) in [5, 5.41) is 3.50. The molecule has 0 saturated heterocycles. The normalized spacial score (nSPS) is 12.1. The molecule has 1 aromatic heterocycles. The molecule has 0 aliphatic rings. The van der Waals surface area contributed by atoms with E-state index in [1.165, 1.54) is 16.9 Å². The topological polar surface area (TPSA) is 68.3 Å². The van der Waals surface area contributed by atoms with E-state index in [1.807, 2.05) is 26.0 Å². The maximum Gasteiger partial charge on any atom is 0.351 e. The summed E-state index contributed by atoms with van der Waals surface area (Å²) in [5.41, 5.74) is 2.83. The van der Waals surface area contributed by atoms with Gasteiger partial charge in [-0.3, -0.25) is 4.79 Å². The Labute approximate surface area is 152 Å². The molecule has 2 aromatic rings. The number of nitrogens with zero attached hydrogens (tertiary/aromatic N) is 1. The Morgan fingerprint density at radius 3 is 2.40 bits per heavy atom. The number of benzene rings is 1. The monoisotopic (exact) mass is 360 g/mol. The number of carbonyl (C=O) groups is 2. The number of nitrogens with one attached hydrogen (secondary N) is 1. The quantitative estimate of drug-likeness (QED) is 0.797. The van der Waals surface area contributed by atoms with Gasteiger partial charge in [-0.25, -0.2) is 9.78 Å². The summed E-state index contributed by atoms with van der Waals surface area (Å²) in [7, 11) is 0. The summed E-state index contributed by atoms with van der Waals surface area (Å²) in [4.78, 5) is 29.2. The third-order valence-electron chi connectivity index (χ3n) is 3.68. The third-order valence-corrected chi connectivity index (χ3v) is 4.86. The third kappa shape index (κ3) is 4.89. The van der Waals surface area contributed by atoms with E-state index in [2.05, 4.69) is 29.4 Å². The Morgan fingerprint density at radius 2 is 1.84 bits per heavy atom. The molecule has 1 aromatic carbocycles. The fraction of sp³-hybridized carbons (Fsp3) is 0.421. The van der Waals surface area contributed by atoms with Crippen LogP contribution in [-0.2, 0) is 16.0 Å². The van der Waals surface area contributed by atoms with E-state index in [0.29, 0.717) is 10.6 Å². The molecule has 0 fully saturated rings. The second kappa shape index (κ2) is 8.25. The zero-order valence-electron chi connectivity index (χ0n) is 15.3. The zero-order chi connectivity index (χ0) is 18.6. The molecule has 0 bridgehead atoms. The van der Waals surface area contributed by atoms with E-state index in [0.717, 1.165) is 17.0 Å². The summed E-state index contributed by atoms with van der Waals surface area (Å²) < 4.78 is 5.29. The van der Waals surface area contributed by atoms with Crippen LogP contribution in [0.5, 0.6) is 0 Å². The van der Waals surface area contributed by atoms with E-state index in [-0.39, 0.29) is 11.9 Å². The van der Waals surface area contributed by atoms with Crippen LogP contribution in [0, 0.1) is 6.92 Å². The van der Waals surface area contributed by atoms with Crippen LogP contribution in [0.15, 0.2) is 24.3 Å². The molecule has 0 aliphatic carbocycles. The van der Waals surface area contributed by atoms with Crippen molar-refractivity contribution in [1.82, 2.24) is 10.3 Å². The van der Waals surface area contributed by atoms with Gasteiger partial charge in [-0.15, -0.1) is 11.3 Å². The van der Waals surface area contributed by atoms with E-state index in [4.69, 9.17) is 4.74 Å². The molecule has 1 atom stereocenters. The van der Waals surface area contributed by atoms with Gasteiger partial charge in [0.1, 0.15) is 9.88 Å². The number of amides is 1. The highest BCUT2D eigenvalue weighted by molar-refractivity contribution is 7.17. The zero-order valence-corrected chi connectivity index (χ0v) is 16.1. The molecule has 0 radical (unpaired) electrons. The maximum absolute atomic E-state index is 12.4. The molecule has 6 heteroatoms. The summed E-state index contributed by atoms with van der Waals surface area (Å²) in [6.07, 6.45) is 0.133. The van der Waals surface area contributed by atoms with Gasteiger partial charge in [0, 0.05) is 11.6 Å². The predicted molar refractivity (Wildman–Crippen MR) is 99.8 cm³/mol. The Morgan fingerprint density at radius 1 is 1.20 bits per heavy atom. The smallest absolute Gasteiger partial charge is 0.351 e. The highest BCUT2D eigenvalue weighted by atomic mass is 32.1. The SMILES string of the molecule is CCc1ccc(-c2nc(C)c(C(=O)O[C@@H](C)C(=O)NC(C)C)s2)cc1. The van der Waals surface area contributed by atoms with Crippen molar-refractivity contribution in [3.8, 4) is 10.6 Å². The predicted octanol–water partition coefficient (Wildman–Crippen LogP) is 3.75. The molecule has 2 rings (SSSR count). The van der Waals surface area contributed by atoms with Crippen molar-refractivity contribution >= 4 is 23.2 Å². The number of hydrogen-bond acceptors (Lipinski definition) is 5. The van der Waals surface area contributed by atoms with Crippen molar-refractivity contribution < 1.29 is 14.3 Å². The Balaban J connectivity index is 2.13. The lowest BCUT2D eigenvalue weighted by molar-refractivity contribution is -0.129. The van der Waals surface area contributed by atoms with E-state index in [1.54, 1.807) is 13.8 Å². The van der Waals surface area contributed by atoms with Gasteiger partial charge in [0.2, 0.25) is 0 Å². The number of carbonyl (C=O) groups excluding carboxylic acids is 2. The molecular weight excluding hydrogens is 336 g/mol. The number of ether oxygens (including phenoxy) is 1. The molecule has 25 heavy (non-hydrogen) atoms.